The smallest absolute Gasteiger partial charge is 0.228 e. The van der Waals surface area contributed by atoms with Crippen LogP contribution in [-0.2, 0) is 4.84 Å². The van der Waals surface area contributed by atoms with Gasteiger partial charge in [0.1, 0.15) is 11.5 Å². The Morgan fingerprint density at radius 3 is 2.79 bits per heavy atom. The van der Waals surface area contributed by atoms with Crippen molar-refractivity contribution in [3.63, 3.8) is 0 Å². The molecule has 6 nitrogen and oxygen atoms in total. The number of nitrogens with two attached hydrogens (primary N) is 1. The lowest BCUT2D eigenvalue weighted by atomic mass is 10.1. The molecule has 0 amide bonds. The van der Waals surface area contributed by atoms with Crippen LogP contribution < -0.4 is 10.5 Å². The van der Waals surface area contributed by atoms with Gasteiger partial charge in [-0.2, -0.15) is 0 Å². The van der Waals surface area contributed by atoms with Gasteiger partial charge >= 0.3 is 0 Å². The summed E-state index contributed by atoms with van der Waals surface area (Å²) in [5, 5.41) is 3.65. The summed E-state index contributed by atoms with van der Waals surface area (Å²) >= 11 is 3.27. The number of methoxy groups -OCH3 is 1. The summed E-state index contributed by atoms with van der Waals surface area (Å²) in [4.78, 5) is 21.0. The fraction of sp³-hybridized carbons (Fsp3) is 0.188. The van der Waals surface area contributed by atoms with Gasteiger partial charge < -0.3 is 15.3 Å². The van der Waals surface area contributed by atoms with E-state index in [1.54, 1.807) is 19.1 Å². The minimum absolute atomic E-state index is 0.0105. The number of pyridine rings is 1. The second kappa shape index (κ2) is 7.87. The number of carbonyl (C=O) groups is 1. The van der Waals surface area contributed by atoms with Gasteiger partial charge in [0.25, 0.3) is 0 Å². The molecule has 0 saturated carbocycles. The van der Waals surface area contributed by atoms with Gasteiger partial charge in [-0.15, -0.1) is 0 Å². The summed E-state index contributed by atoms with van der Waals surface area (Å²) < 4.78 is 19.2. The van der Waals surface area contributed by atoms with Gasteiger partial charge in [0.2, 0.25) is 11.7 Å². The number of aryl methyl sites for hydroxylation is 1. The SMILES string of the molecule is COc1nc(/C(N)=N/OCC(=O)c2ccc(C)c(F)c2)ccc1Br. The highest BCUT2D eigenvalue weighted by Crippen LogP contribution is 2.21. The van der Waals surface area contributed by atoms with Gasteiger partial charge in [0.15, 0.2) is 12.4 Å². The average molecular weight is 396 g/mol. The molecule has 1 heterocycles. The number of ketones is 1. The molecule has 0 aliphatic rings. The van der Waals surface area contributed by atoms with E-state index in [-0.39, 0.29) is 18.0 Å². The molecule has 2 rings (SSSR count). The van der Waals surface area contributed by atoms with E-state index in [1.165, 1.54) is 19.2 Å². The van der Waals surface area contributed by atoms with E-state index in [9.17, 15) is 9.18 Å². The Morgan fingerprint density at radius 1 is 1.38 bits per heavy atom. The van der Waals surface area contributed by atoms with Crippen LogP contribution in [0.1, 0.15) is 21.6 Å². The van der Waals surface area contributed by atoms with Crippen LogP contribution in [0.5, 0.6) is 5.88 Å². The van der Waals surface area contributed by atoms with Crippen molar-refractivity contribution < 1.29 is 18.8 Å². The van der Waals surface area contributed by atoms with E-state index >= 15 is 0 Å². The Labute approximate surface area is 146 Å². The molecule has 8 heteroatoms. The monoisotopic (exact) mass is 395 g/mol. The van der Waals surface area contributed by atoms with Crippen molar-refractivity contribution in [3.8, 4) is 5.88 Å². The Balaban J connectivity index is 2.02. The molecule has 126 valence electrons. The predicted molar refractivity (Wildman–Crippen MR) is 90.6 cm³/mol. The molecule has 0 bridgehead atoms. The first-order valence-corrected chi connectivity index (χ1v) is 7.67. The summed E-state index contributed by atoms with van der Waals surface area (Å²) in [6, 6.07) is 7.53. The number of aromatic nitrogens is 1. The second-order valence-electron chi connectivity index (χ2n) is 4.82. The highest BCUT2D eigenvalue weighted by molar-refractivity contribution is 9.10. The summed E-state index contributed by atoms with van der Waals surface area (Å²) in [5.74, 6) is -0.526. The lowest BCUT2D eigenvalue weighted by molar-refractivity contribution is 0.0775. The largest absolute Gasteiger partial charge is 0.480 e. The van der Waals surface area contributed by atoms with Crippen LogP contribution in [0.15, 0.2) is 40.0 Å². The highest BCUT2D eigenvalue weighted by atomic mass is 79.9. The van der Waals surface area contributed by atoms with E-state index < -0.39 is 11.6 Å². The number of nitrogens with zero attached hydrogens (tertiary/aromatic N) is 2. The Morgan fingerprint density at radius 2 is 2.12 bits per heavy atom. The van der Waals surface area contributed by atoms with Gasteiger partial charge in [-0.1, -0.05) is 17.3 Å². The molecule has 0 aliphatic heterocycles. The zero-order valence-corrected chi connectivity index (χ0v) is 14.6. The highest BCUT2D eigenvalue weighted by Gasteiger charge is 2.10. The first kappa shape index (κ1) is 17.9. The molecular weight excluding hydrogens is 381 g/mol. The van der Waals surface area contributed by atoms with Crippen molar-refractivity contribution in [3.05, 3.63) is 57.4 Å². The van der Waals surface area contributed by atoms with E-state index in [0.717, 1.165) is 6.07 Å². The molecular formula is C16H15BrFN3O3. The normalized spacial score (nSPS) is 11.2. The summed E-state index contributed by atoms with van der Waals surface area (Å²) in [7, 11) is 1.47. The van der Waals surface area contributed by atoms with E-state index in [4.69, 9.17) is 15.3 Å². The summed E-state index contributed by atoms with van der Waals surface area (Å²) in [6.07, 6.45) is 0. The van der Waals surface area contributed by atoms with Crippen molar-refractivity contribution >= 4 is 27.5 Å². The number of oxime groups is 1. The van der Waals surface area contributed by atoms with Gasteiger partial charge in [0.05, 0.1) is 11.6 Å². The number of rotatable bonds is 6. The Bertz CT molecular complexity index is 796. The van der Waals surface area contributed by atoms with Crippen molar-refractivity contribution in [2.24, 2.45) is 10.9 Å². The fourth-order valence-electron chi connectivity index (χ4n) is 1.77. The van der Waals surface area contributed by atoms with Crippen molar-refractivity contribution in [2.45, 2.75) is 6.92 Å². The maximum atomic E-state index is 13.5. The van der Waals surface area contributed by atoms with E-state index in [2.05, 4.69) is 26.1 Å². The van der Waals surface area contributed by atoms with Crippen LogP contribution in [-0.4, -0.2) is 30.3 Å². The molecule has 0 aliphatic carbocycles. The molecule has 1 aromatic carbocycles. The number of hydrogen-bond acceptors (Lipinski definition) is 5. The molecule has 24 heavy (non-hydrogen) atoms. The second-order valence-corrected chi connectivity index (χ2v) is 5.68. The zero-order chi connectivity index (χ0) is 17.7. The molecule has 2 aromatic rings. The standard InChI is InChI=1S/C16H15BrFN3O3/c1-9-3-4-10(7-12(9)18)14(22)8-24-21-15(19)13-6-5-11(17)16(20-13)23-2/h3-7H,8H2,1-2H3,(H2,19,21). The minimum atomic E-state index is -0.449. The first-order valence-electron chi connectivity index (χ1n) is 6.88. The molecule has 0 saturated heterocycles. The zero-order valence-electron chi connectivity index (χ0n) is 13.0. The number of ether oxygens (including phenoxy) is 1. The molecule has 2 N–H and O–H groups in total. The molecule has 0 unspecified atom stereocenters. The lowest BCUT2D eigenvalue weighted by Gasteiger charge is -2.05. The number of amidine groups is 1. The fourth-order valence-corrected chi connectivity index (χ4v) is 2.15. The summed E-state index contributed by atoms with van der Waals surface area (Å²) in [5.41, 5.74) is 6.76. The van der Waals surface area contributed by atoms with Crippen LogP contribution >= 0.6 is 15.9 Å². The Hall–Kier alpha value is -2.48. The van der Waals surface area contributed by atoms with Gasteiger partial charge in [0, 0.05) is 5.56 Å². The average Bonchev–Trinajstić information content (AvgIpc) is 2.57. The number of hydrogen-bond donors (Lipinski definition) is 1. The first-order chi connectivity index (χ1) is 11.4. The number of benzene rings is 1. The quantitative estimate of drug-likeness (QED) is 0.351. The number of Topliss-reactive ketones (excluding diaryl/α,β-unsaturated/α-hetero) is 1. The van der Waals surface area contributed by atoms with Crippen LogP contribution in [0.3, 0.4) is 0 Å². The summed E-state index contributed by atoms with van der Waals surface area (Å²) in [6.45, 7) is 1.25. The molecule has 0 spiro atoms. The van der Waals surface area contributed by atoms with Gasteiger partial charge in [-0.05, 0) is 46.6 Å². The third-order valence-electron chi connectivity index (χ3n) is 3.12. The Kier molecular flexibility index (Phi) is 5.86. The third kappa shape index (κ3) is 4.29. The third-order valence-corrected chi connectivity index (χ3v) is 3.73. The van der Waals surface area contributed by atoms with Crippen LogP contribution in [0.4, 0.5) is 4.39 Å². The van der Waals surface area contributed by atoms with E-state index in [0.29, 0.717) is 21.6 Å². The maximum Gasteiger partial charge on any atom is 0.228 e. The van der Waals surface area contributed by atoms with Gasteiger partial charge in [-0.3, -0.25) is 4.79 Å². The predicted octanol–water partition coefficient (Wildman–Crippen LogP) is 2.82. The number of carbonyl (C=O) groups excluding carboxylic acids is 1. The topological polar surface area (TPSA) is 86.8 Å². The number of halogens is 2. The van der Waals surface area contributed by atoms with Gasteiger partial charge in [-0.25, -0.2) is 9.37 Å². The minimum Gasteiger partial charge on any atom is -0.480 e. The molecule has 1 aromatic heterocycles. The van der Waals surface area contributed by atoms with Crippen LogP contribution in [0, 0.1) is 12.7 Å². The van der Waals surface area contributed by atoms with Crippen LogP contribution in [0.25, 0.3) is 0 Å². The van der Waals surface area contributed by atoms with Crippen LogP contribution in [0.2, 0.25) is 0 Å². The van der Waals surface area contributed by atoms with Crippen molar-refractivity contribution in [1.29, 1.82) is 0 Å². The maximum absolute atomic E-state index is 13.5. The molecule has 0 atom stereocenters. The molecule has 0 radical (unpaired) electrons. The van der Waals surface area contributed by atoms with E-state index in [1.807, 2.05) is 0 Å². The van der Waals surface area contributed by atoms with Crippen molar-refractivity contribution in [1.82, 2.24) is 4.98 Å². The molecule has 0 fully saturated rings. The van der Waals surface area contributed by atoms with Crippen molar-refractivity contribution in [2.75, 3.05) is 13.7 Å². The lowest BCUT2D eigenvalue weighted by Crippen LogP contribution is -2.17.